The van der Waals surface area contributed by atoms with E-state index in [1.165, 1.54) is 0 Å². The Balaban J connectivity index is 1.69. The van der Waals surface area contributed by atoms with Gasteiger partial charge in [-0.25, -0.2) is 0 Å². The van der Waals surface area contributed by atoms with E-state index < -0.39 is 39.5 Å². The third-order valence-electron chi connectivity index (χ3n) is 11.2. The van der Waals surface area contributed by atoms with Crippen molar-refractivity contribution < 1.29 is 29.3 Å². The zero-order valence-electron chi connectivity index (χ0n) is 20.8. The minimum absolute atomic E-state index is 0.0102. The van der Waals surface area contributed by atoms with E-state index in [1.807, 2.05) is 34.6 Å². The number of rotatable bonds is 1. The van der Waals surface area contributed by atoms with Crippen LogP contribution in [0.1, 0.15) is 86.5 Å². The molecule has 1 heterocycles. The van der Waals surface area contributed by atoms with Crippen molar-refractivity contribution >= 4 is 17.5 Å². The fourth-order valence-electron chi connectivity index (χ4n) is 9.08. The minimum atomic E-state index is -0.980. The smallest absolute Gasteiger partial charge is 0.306 e. The van der Waals surface area contributed by atoms with E-state index in [0.29, 0.717) is 43.3 Å². The topological polar surface area (TPSA) is 101 Å². The number of ether oxygens (including phenoxy) is 1. The number of esters is 1. The van der Waals surface area contributed by atoms with Crippen LogP contribution in [0.2, 0.25) is 0 Å². The second-order valence-corrected chi connectivity index (χ2v) is 13.0. The molecule has 8 atom stereocenters. The first-order chi connectivity index (χ1) is 15.1. The van der Waals surface area contributed by atoms with Gasteiger partial charge in [-0.3, -0.25) is 14.4 Å². The highest BCUT2D eigenvalue weighted by atomic mass is 16.6. The van der Waals surface area contributed by atoms with E-state index in [1.54, 1.807) is 0 Å². The molecule has 0 aromatic heterocycles. The van der Waals surface area contributed by atoms with Gasteiger partial charge in [0.2, 0.25) is 0 Å². The van der Waals surface area contributed by atoms with Gasteiger partial charge < -0.3 is 14.9 Å². The molecule has 1 saturated heterocycles. The maximum absolute atomic E-state index is 14.0. The summed E-state index contributed by atoms with van der Waals surface area (Å²) in [7, 11) is 0. The van der Waals surface area contributed by atoms with Crippen molar-refractivity contribution in [1.82, 2.24) is 0 Å². The highest BCUT2D eigenvalue weighted by Gasteiger charge is 2.72. The third kappa shape index (κ3) is 2.60. The molecule has 1 aliphatic heterocycles. The molecule has 0 aromatic rings. The van der Waals surface area contributed by atoms with Crippen molar-refractivity contribution in [3.63, 3.8) is 0 Å². The molecule has 0 aromatic carbocycles. The SMILES string of the molecule is CC1(C)[C@@H](O)CC[C@]2(C)C3=C([C@@H](O)C[C@@H]12)[C@]1(C)C(=O)CC([C@@]2(C)CCC(=O)O2)[C@@]1(C)CC3=O. The van der Waals surface area contributed by atoms with E-state index in [2.05, 4.69) is 6.92 Å². The number of carbonyl (C=O) groups is 3. The summed E-state index contributed by atoms with van der Waals surface area (Å²) in [5.74, 6) is -0.527. The number of allylic oxidation sites excluding steroid dienone is 1. The quantitative estimate of drug-likeness (QED) is 0.583. The number of Topliss-reactive ketones (excluding diaryl/α,β-unsaturated/α-hetero) is 2. The number of aliphatic hydroxyl groups is 2. The summed E-state index contributed by atoms with van der Waals surface area (Å²) in [6, 6.07) is 0. The molecule has 1 unspecified atom stereocenters. The molecule has 182 valence electrons. The molecule has 0 bridgehead atoms. The predicted octanol–water partition coefficient (Wildman–Crippen LogP) is 3.52. The van der Waals surface area contributed by atoms with Gasteiger partial charge in [0.05, 0.1) is 17.6 Å². The Morgan fingerprint density at radius 2 is 1.61 bits per heavy atom. The molecule has 6 heteroatoms. The van der Waals surface area contributed by atoms with E-state index in [-0.39, 0.29) is 42.2 Å². The van der Waals surface area contributed by atoms with Gasteiger partial charge in [0.15, 0.2) is 5.78 Å². The highest BCUT2D eigenvalue weighted by Crippen LogP contribution is 2.71. The number of aliphatic hydroxyl groups excluding tert-OH is 2. The van der Waals surface area contributed by atoms with Crippen molar-refractivity contribution in [2.45, 2.75) is 104 Å². The molecule has 6 nitrogen and oxygen atoms in total. The minimum Gasteiger partial charge on any atom is -0.459 e. The van der Waals surface area contributed by atoms with Crippen LogP contribution in [-0.4, -0.2) is 45.6 Å². The first-order valence-corrected chi connectivity index (χ1v) is 12.5. The van der Waals surface area contributed by atoms with Gasteiger partial charge in [0.25, 0.3) is 0 Å². The van der Waals surface area contributed by atoms with Gasteiger partial charge in [-0.2, -0.15) is 0 Å². The van der Waals surface area contributed by atoms with Crippen LogP contribution < -0.4 is 0 Å². The summed E-state index contributed by atoms with van der Waals surface area (Å²) in [6.45, 7) is 12.0. The lowest BCUT2D eigenvalue weighted by atomic mass is 9.42. The monoisotopic (exact) mass is 458 g/mol. The summed E-state index contributed by atoms with van der Waals surface area (Å²) in [4.78, 5) is 39.9. The fraction of sp³-hybridized carbons (Fsp3) is 0.815. The average Bonchev–Trinajstić information content (AvgIpc) is 3.16. The summed E-state index contributed by atoms with van der Waals surface area (Å²) < 4.78 is 5.77. The molecule has 5 aliphatic rings. The van der Waals surface area contributed by atoms with E-state index >= 15 is 0 Å². The first kappa shape index (κ1) is 23.2. The Hall–Kier alpha value is -1.53. The molecule has 0 spiro atoms. The summed E-state index contributed by atoms with van der Waals surface area (Å²) in [5.41, 5.74) is -2.15. The normalized spacial score (nSPS) is 51.2. The molecule has 2 N–H and O–H groups in total. The van der Waals surface area contributed by atoms with Crippen LogP contribution in [0.15, 0.2) is 11.1 Å². The standard InChI is InChI=1S/C27H38O6/c1-23(2)16-11-14(28)22-21(24(16,3)9-7-18(23)30)15(29)13-25(4)17(12-19(31)27(22,25)6)26(5)10-8-20(32)33-26/h14,16-18,28,30H,7-13H2,1-6H3/t14-,16-,17?,18-,24-,25+,26+,27-/m0/s1. The molecule has 0 radical (unpaired) electrons. The van der Waals surface area contributed by atoms with Gasteiger partial charge in [-0.05, 0) is 67.3 Å². The van der Waals surface area contributed by atoms with Gasteiger partial charge in [-0.15, -0.1) is 0 Å². The van der Waals surface area contributed by atoms with Crippen molar-refractivity contribution in [2.24, 2.45) is 33.5 Å². The molecule has 5 rings (SSSR count). The van der Waals surface area contributed by atoms with E-state index in [9.17, 15) is 24.6 Å². The van der Waals surface area contributed by atoms with Crippen LogP contribution in [0, 0.1) is 33.5 Å². The van der Waals surface area contributed by atoms with Gasteiger partial charge >= 0.3 is 5.97 Å². The van der Waals surface area contributed by atoms with Crippen molar-refractivity contribution in [1.29, 1.82) is 0 Å². The molecule has 2 saturated carbocycles. The van der Waals surface area contributed by atoms with Crippen LogP contribution in [0.3, 0.4) is 0 Å². The molecule has 4 aliphatic carbocycles. The van der Waals surface area contributed by atoms with Crippen LogP contribution >= 0.6 is 0 Å². The second-order valence-electron chi connectivity index (χ2n) is 13.0. The lowest BCUT2D eigenvalue weighted by Crippen LogP contribution is -2.61. The Bertz CT molecular complexity index is 995. The molecular weight excluding hydrogens is 420 g/mol. The first-order valence-electron chi connectivity index (χ1n) is 12.5. The zero-order valence-corrected chi connectivity index (χ0v) is 20.8. The molecule has 33 heavy (non-hydrogen) atoms. The maximum atomic E-state index is 14.0. The van der Waals surface area contributed by atoms with Crippen molar-refractivity contribution in [3.05, 3.63) is 11.1 Å². The van der Waals surface area contributed by atoms with Gasteiger partial charge in [0, 0.05) is 30.8 Å². The van der Waals surface area contributed by atoms with E-state index in [0.717, 1.165) is 0 Å². The number of hydrogen-bond donors (Lipinski definition) is 2. The zero-order chi connectivity index (χ0) is 24.4. The Labute approximate surface area is 196 Å². The predicted molar refractivity (Wildman–Crippen MR) is 121 cm³/mol. The molecule has 0 amide bonds. The largest absolute Gasteiger partial charge is 0.459 e. The molecule has 3 fully saturated rings. The lowest BCUT2D eigenvalue weighted by molar-refractivity contribution is -0.159. The van der Waals surface area contributed by atoms with Gasteiger partial charge in [0.1, 0.15) is 11.4 Å². The maximum Gasteiger partial charge on any atom is 0.306 e. The van der Waals surface area contributed by atoms with Crippen LogP contribution in [0.25, 0.3) is 0 Å². The Morgan fingerprint density at radius 3 is 2.21 bits per heavy atom. The van der Waals surface area contributed by atoms with Crippen LogP contribution in [0.5, 0.6) is 0 Å². The van der Waals surface area contributed by atoms with Crippen LogP contribution in [-0.2, 0) is 19.1 Å². The van der Waals surface area contributed by atoms with E-state index in [4.69, 9.17) is 4.74 Å². The summed E-state index contributed by atoms with van der Waals surface area (Å²) in [6.07, 6.45) is 1.64. The summed E-state index contributed by atoms with van der Waals surface area (Å²) in [5, 5.41) is 22.3. The Kier molecular flexibility index (Phi) is 4.62. The highest BCUT2D eigenvalue weighted by molar-refractivity contribution is 6.05. The average molecular weight is 459 g/mol. The van der Waals surface area contributed by atoms with Crippen LogP contribution in [0.4, 0.5) is 0 Å². The molecular formula is C27H38O6. The summed E-state index contributed by atoms with van der Waals surface area (Å²) >= 11 is 0. The number of fused-ring (bicyclic) bond motifs is 4. The second kappa shape index (κ2) is 6.57. The third-order valence-corrected chi connectivity index (χ3v) is 11.2. The lowest BCUT2D eigenvalue weighted by Gasteiger charge is -2.61. The number of carbonyl (C=O) groups excluding carboxylic acids is 3. The number of hydrogen-bond acceptors (Lipinski definition) is 6. The number of cyclic esters (lactones) is 1. The number of ketones is 2. The van der Waals surface area contributed by atoms with Crippen molar-refractivity contribution in [2.75, 3.05) is 0 Å². The van der Waals surface area contributed by atoms with Crippen molar-refractivity contribution in [3.8, 4) is 0 Å². The Morgan fingerprint density at radius 1 is 0.939 bits per heavy atom. The van der Waals surface area contributed by atoms with Gasteiger partial charge in [-0.1, -0.05) is 27.7 Å². The fourth-order valence-corrected chi connectivity index (χ4v) is 9.08.